The van der Waals surface area contributed by atoms with E-state index in [0.29, 0.717) is 17.3 Å². The number of rotatable bonds is 16. The molecule has 0 aliphatic rings. The van der Waals surface area contributed by atoms with Crippen LogP contribution in [0.3, 0.4) is 0 Å². The van der Waals surface area contributed by atoms with Crippen molar-refractivity contribution in [2.45, 2.75) is 96.8 Å². The van der Waals surface area contributed by atoms with Gasteiger partial charge >= 0.3 is 0 Å². The van der Waals surface area contributed by atoms with Gasteiger partial charge in [0.2, 0.25) is 5.91 Å². The summed E-state index contributed by atoms with van der Waals surface area (Å²) >= 11 is 0. The van der Waals surface area contributed by atoms with E-state index in [9.17, 15) is 9.18 Å². The number of unbranched alkanes of at least 4 members (excludes halogenated alkanes) is 11. The monoisotopic (exact) mass is 426 g/mol. The molecule has 1 aromatic carbocycles. The van der Waals surface area contributed by atoms with Gasteiger partial charge in [0.15, 0.2) is 0 Å². The van der Waals surface area contributed by atoms with Gasteiger partial charge in [-0.2, -0.15) is 0 Å². The van der Waals surface area contributed by atoms with Crippen LogP contribution in [0.25, 0.3) is 10.9 Å². The van der Waals surface area contributed by atoms with Crippen LogP contribution in [0.1, 0.15) is 96.8 Å². The van der Waals surface area contributed by atoms with Crippen molar-refractivity contribution in [3.05, 3.63) is 48.4 Å². The van der Waals surface area contributed by atoms with Gasteiger partial charge in [-0.05, 0) is 56.4 Å². The Morgan fingerprint density at radius 3 is 2.26 bits per heavy atom. The Morgan fingerprint density at radius 2 is 1.55 bits per heavy atom. The topological polar surface area (TPSA) is 42.0 Å². The van der Waals surface area contributed by atoms with Gasteiger partial charge in [-0.25, -0.2) is 4.39 Å². The standard InChI is InChI=1S/C27H39FN2O/c1-2-3-4-5-6-7-8-9-10-11-12-13-14-15-16-19-26(31)30-27-23-18-17-22-29-25(23)21-20-24(27)28/h9-10,17-18,20-22H,2-8,11-16,19H2,1H3,(H,30,31). The molecule has 0 saturated heterocycles. The molecule has 2 aromatic rings. The summed E-state index contributed by atoms with van der Waals surface area (Å²) in [6.07, 6.45) is 22.7. The molecule has 0 aliphatic carbocycles. The lowest BCUT2D eigenvalue weighted by atomic mass is 10.1. The molecule has 3 nitrogen and oxygen atoms in total. The van der Waals surface area contributed by atoms with Crippen molar-refractivity contribution in [1.82, 2.24) is 4.98 Å². The van der Waals surface area contributed by atoms with Crippen LogP contribution in [0.5, 0.6) is 0 Å². The van der Waals surface area contributed by atoms with Crippen LogP contribution in [-0.4, -0.2) is 10.9 Å². The highest BCUT2D eigenvalue weighted by Gasteiger charge is 2.11. The zero-order chi connectivity index (χ0) is 22.2. The molecule has 1 N–H and O–H groups in total. The van der Waals surface area contributed by atoms with Crippen LogP contribution in [-0.2, 0) is 4.79 Å². The molecule has 0 spiro atoms. The summed E-state index contributed by atoms with van der Waals surface area (Å²) in [5.41, 5.74) is 0.920. The molecule has 31 heavy (non-hydrogen) atoms. The number of hydrogen-bond donors (Lipinski definition) is 1. The summed E-state index contributed by atoms with van der Waals surface area (Å²) in [5, 5.41) is 3.38. The Bertz CT molecular complexity index is 803. The molecule has 170 valence electrons. The summed E-state index contributed by atoms with van der Waals surface area (Å²) in [5.74, 6) is -0.550. The summed E-state index contributed by atoms with van der Waals surface area (Å²) in [6.45, 7) is 2.26. The van der Waals surface area contributed by atoms with E-state index in [-0.39, 0.29) is 11.6 Å². The summed E-state index contributed by atoms with van der Waals surface area (Å²) in [6, 6.07) is 6.52. The summed E-state index contributed by atoms with van der Waals surface area (Å²) < 4.78 is 14.2. The number of carbonyl (C=O) groups excluding carboxylic acids is 1. The second kappa shape index (κ2) is 15.6. The molecular weight excluding hydrogens is 387 g/mol. The molecule has 1 aromatic heterocycles. The first kappa shape index (κ1) is 25.0. The van der Waals surface area contributed by atoms with E-state index in [1.165, 1.54) is 63.9 Å². The minimum absolute atomic E-state index is 0.132. The molecule has 0 atom stereocenters. The van der Waals surface area contributed by atoms with E-state index in [2.05, 4.69) is 29.4 Å². The Hall–Kier alpha value is -2.23. The van der Waals surface area contributed by atoms with Crippen LogP contribution in [0.15, 0.2) is 42.6 Å². The van der Waals surface area contributed by atoms with Gasteiger partial charge in [0.25, 0.3) is 0 Å². The molecule has 1 amide bonds. The van der Waals surface area contributed by atoms with Crippen molar-refractivity contribution < 1.29 is 9.18 Å². The number of nitrogens with zero attached hydrogens (tertiary/aromatic N) is 1. The first-order valence-electron chi connectivity index (χ1n) is 12.2. The number of nitrogens with one attached hydrogen (secondary N) is 1. The summed E-state index contributed by atoms with van der Waals surface area (Å²) in [4.78, 5) is 16.4. The van der Waals surface area contributed by atoms with Crippen LogP contribution in [0.4, 0.5) is 10.1 Å². The molecular formula is C27H39FN2O. The van der Waals surface area contributed by atoms with E-state index in [4.69, 9.17) is 0 Å². The van der Waals surface area contributed by atoms with E-state index >= 15 is 0 Å². The number of amides is 1. The second-order valence-corrected chi connectivity index (χ2v) is 8.37. The first-order chi connectivity index (χ1) is 15.2. The van der Waals surface area contributed by atoms with Crippen molar-refractivity contribution in [1.29, 1.82) is 0 Å². The fourth-order valence-corrected chi connectivity index (χ4v) is 3.81. The molecule has 0 saturated carbocycles. The lowest BCUT2D eigenvalue weighted by molar-refractivity contribution is -0.116. The van der Waals surface area contributed by atoms with Gasteiger partial charge < -0.3 is 5.32 Å². The van der Waals surface area contributed by atoms with Gasteiger partial charge in [-0.3, -0.25) is 9.78 Å². The van der Waals surface area contributed by atoms with E-state index in [1.807, 2.05) is 0 Å². The van der Waals surface area contributed by atoms with Crippen molar-refractivity contribution in [3.8, 4) is 0 Å². The fraction of sp³-hybridized carbons (Fsp3) is 0.556. The molecule has 0 radical (unpaired) electrons. The first-order valence-corrected chi connectivity index (χ1v) is 12.2. The number of benzene rings is 1. The zero-order valence-corrected chi connectivity index (χ0v) is 19.2. The number of hydrogen-bond acceptors (Lipinski definition) is 2. The number of pyridine rings is 1. The van der Waals surface area contributed by atoms with Crippen LogP contribution in [0.2, 0.25) is 0 Å². The van der Waals surface area contributed by atoms with Gasteiger partial charge in [0.05, 0.1) is 11.2 Å². The van der Waals surface area contributed by atoms with Crippen LogP contribution in [0, 0.1) is 5.82 Å². The fourth-order valence-electron chi connectivity index (χ4n) is 3.81. The maximum atomic E-state index is 14.2. The second-order valence-electron chi connectivity index (χ2n) is 8.37. The Morgan fingerprint density at radius 1 is 0.903 bits per heavy atom. The van der Waals surface area contributed by atoms with Crippen LogP contribution >= 0.6 is 0 Å². The molecule has 0 bridgehead atoms. The minimum atomic E-state index is -0.418. The van der Waals surface area contributed by atoms with E-state index in [1.54, 1.807) is 24.4 Å². The van der Waals surface area contributed by atoms with E-state index < -0.39 is 5.82 Å². The molecule has 1 heterocycles. The third-order valence-corrected chi connectivity index (χ3v) is 5.66. The molecule has 4 heteroatoms. The molecule has 2 rings (SSSR count). The largest absolute Gasteiger partial charge is 0.323 e. The molecule has 0 unspecified atom stereocenters. The Balaban J connectivity index is 1.50. The maximum absolute atomic E-state index is 14.2. The highest BCUT2D eigenvalue weighted by molar-refractivity contribution is 6.01. The number of carbonyl (C=O) groups is 1. The number of halogens is 1. The number of anilines is 1. The SMILES string of the molecule is CCCCCCCCC=CCCCCCCCC(=O)Nc1c(F)ccc2ncccc12. The van der Waals surface area contributed by atoms with Gasteiger partial charge in [0.1, 0.15) is 5.82 Å². The lowest BCUT2D eigenvalue weighted by Gasteiger charge is -2.09. The molecule has 0 fully saturated rings. The van der Waals surface area contributed by atoms with Gasteiger partial charge in [-0.1, -0.05) is 70.4 Å². The van der Waals surface area contributed by atoms with Crippen molar-refractivity contribution >= 4 is 22.5 Å². The predicted octanol–water partition coefficient (Wildman–Crippen LogP) is 8.35. The highest BCUT2D eigenvalue weighted by Crippen LogP contribution is 2.25. The number of allylic oxidation sites excluding steroid dienone is 2. The number of fused-ring (bicyclic) bond motifs is 1. The Kier molecular flexibility index (Phi) is 12.6. The van der Waals surface area contributed by atoms with Gasteiger partial charge in [-0.15, -0.1) is 0 Å². The van der Waals surface area contributed by atoms with Crippen molar-refractivity contribution in [3.63, 3.8) is 0 Å². The highest BCUT2D eigenvalue weighted by atomic mass is 19.1. The zero-order valence-electron chi connectivity index (χ0n) is 19.2. The third kappa shape index (κ3) is 10.1. The van der Waals surface area contributed by atoms with Gasteiger partial charge in [0, 0.05) is 18.0 Å². The average Bonchev–Trinajstić information content (AvgIpc) is 2.78. The third-order valence-electron chi connectivity index (χ3n) is 5.66. The van der Waals surface area contributed by atoms with Crippen LogP contribution < -0.4 is 5.32 Å². The normalized spacial score (nSPS) is 11.4. The van der Waals surface area contributed by atoms with E-state index in [0.717, 1.165) is 25.7 Å². The van der Waals surface area contributed by atoms with Crippen molar-refractivity contribution in [2.24, 2.45) is 0 Å². The Labute approximate surface area is 187 Å². The molecule has 0 aliphatic heterocycles. The smallest absolute Gasteiger partial charge is 0.224 e. The maximum Gasteiger partial charge on any atom is 0.224 e. The average molecular weight is 427 g/mol. The minimum Gasteiger partial charge on any atom is -0.323 e. The summed E-state index contributed by atoms with van der Waals surface area (Å²) in [7, 11) is 0. The lowest BCUT2D eigenvalue weighted by Crippen LogP contribution is -2.12. The predicted molar refractivity (Wildman–Crippen MR) is 130 cm³/mol. The number of aromatic nitrogens is 1. The van der Waals surface area contributed by atoms with Crippen molar-refractivity contribution in [2.75, 3.05) is 5.32 Å². The quantitative estimate of drug-likeness (QED) is 0.216.